The third-order valence-corrected chi connectivity index (χ3v) is 14.8. The number of aryl methyl sites for hydroxylation is 2. The molecule has 81 heavy (non-hydrogen) atoms. The van der Waals surface area contributed by atoms with Crippen LogP contribution in [-0.4, -0.2) is 30.6 Å². The number of benzene rings is 9. The molecule has 6 N–H and O–H groups in total. The van der Waals surface area contributed by atoms with E-state index in [9.17, 15) is 30.6 Å². The molecule has 0 aliphatic carbocycles. The van der Waals surface area contributed by atoms with E-state index in [0.717, 1.165) is 42.3 Å². The first kappa shape index (κ1) is 61.6. The van der Waals surface area contributed by atoms with Crippen LogP contribution in [-0.2, 0) is 39.6 Å². The van der Waals surface area contributed by atoms with Gasteiger partial charge in [-0.25, -0.2) is 0 Å². The van der Waals surface area contributed by atoms with Gasteiger partial charge in [0.25, 0.3) is 0 Å². The number of hydrogen-bond acceptors (Lipinski definition) is 12. The summed E-state index contributed by atoms with van der Waals surface area (Å²) in [6, 6.07) is 45.5. The lowest BCUT2D eigenvalue weighted by Gasteiger charge is -2.13. The fourth-order valence-corrected chi connectivity index (χ4v) is 9.13. The summed E-state index contributed by atoms with van der Waals surface area (Å²) in [4.78, 5) is 0. The second-order valence-corrected chi connectivity index (χ2v) is 21.6. The molecule has 9 aromatic rings. The number of phenols is 6. The zero-order valence-corrected chi connectivity index (χ0v) is 50.1. The molecule has 0 heterocycles. The van der Waals surface area contributed by atoms with Crippen molar-refractivity contribution < 1.29 is 59.1 Å². The van der Waals surface area contributed by atoms with Crippen LogP contribution in [0.3, 0.4) is 0 Å². The SMILES string of the molecule is Cc1ccc(O)cc1COc1cc(Cl)cc(OCc2cc(O)ccc2C)c1.Oc1ccc(Br)c(COc2cc(Cl)cc(OCc3cc(O)ccc3Br)c2)c1.Oc1cccc(COc2cc(Cl)cc(OCc3cccc(O)c3Cl)c2)c1Cl. The number of phenolic OH excluding ortho intramolecular Hbond substituents is 6. The van der Waals surface area contributed by atoms with Gasteiger partial charge in [-0.05, 0) is 145 Å². The normalized spacial score (nSPS) is 10.6. The Balaban J connectivity index is 0.000000175. The van der Waals surface area contributed by atoms with Crippen molar-refractivity contribution in [1.29, 1.82) is 0 Å². The van der Waals surface area contributed by atoms with E-state index in [-0.39, 0.29) is 71.0 Å². The highest BCUT2D eigenvalue weighted by molar-refractivity contribution is 9.10. The van der Waals surface area contributed by atoms with Gasteiger partial charge in [-0.1, -0.05) is 126 Å². The zero-order valence-electron chi connectivity index (χ0n) is 43.1. The van der Waals surface area contributed by atoms with Crippen LogP contribution in [0.2, 0.25) is 25.1 Å². The van der Waals surface area contributed by atoms with Crippen LogP contribution in [0.15, 0.2) is 173 Å². The molecule has 9 aromatic carbocycles. The standard InChI is InChI=1S/C22H21ClO4.C20H15Br2ClO4.C20H15Cl3O4/c1-14-3-5-19(24)7-16(14)12-26-21-9-18(23)10-22(11-21)27-13-17-8-20(25)6-4-15(17)2;21-19-3-1-15(24)5-12(19)10-26-17-7-14(23)8-18(9-17)27-11-13-6-16(25)2-4-20(13)22;21-14-7-15(26-10-12-3-1-5-17(24)19(12)22)9-16(8-14)27-11-13-4-2-6-18(25)20(13)23/h3-11,24-25H,12-13H2,1-2H3;2*1-9,24-25H,10-11H2. The molecular weight excluding hydrogens is 1270 g/mol. The highest BCUT2D eigenvalue weighted by Gasteiger charge is 2.13. The van der Waals surface area contributed by atoms with Crippen molar-refractivity contribution in [3.05, 3.63) is 242 Å². The van der Waals surface area contributed by atoms with E-state index in [0.29, 0.717) is 73.9 Å². The van der Waals surface area contributed by atoms with Gasteiger partial charge in [0.15, 0.2) is 0 Å². The fourth-order valence-electron chi connectivity index (χ4n) is 7.40. The maximum Gasteiger partial charge on any atom is 0.134 e. The molecule has 0 unspecified atom stereocenters. The lowest BCUT2D eigenvalue weighted by Crippen LogP contribution is -2.00. The molecular formula is C62H51Br2Cl5O12. The van der Waals surface area contributed by atoms with E-state index in [2.05, 4.69) is 31.9 Å². The lowest BCUT2D eigenvalue weighted by atomic mass is 10.1. The van der Waals surface area contributed by atoms with E-state index in [1.54, 1.807) is 140 Å². The molecule has 0 atom stereocenters. The molecule has 0 aromatic heterocycles. The van der Waals surface area contributed by atoms with E-state index in [1.165, 1.54) is 12.1 Å². The molecule has 0 aliphatic heterocycles. The Labute approximate surface area is 510 Å². The minimum atomic E-state index is -0.00382. The Morgan fingerprint density at radius 3 is 0.877 bits per heavy atom. The van der Waals surface area contributed by atoms with Crippen LogP contribution < -0.4 is 28.4 Å². The first-order valence-electron chi connectivity index (χ1n) is 24.4. The van der Waals surface area contributed by atoms with Crippen LogP contribution in [0.4, 0.5) is 0 Å². The summed E-state index contributed by atoms with van der Waals surface area (Å²) in [7, 11) is 0. The summed E-state index contributed by atoms with van der Waals surface area (Å²) >= 11 is 37.5. The van der Waals surface area contributed by atoms with Crippen molar-refractivity contribution in [1.82, 2.24) is 0 Å². The van der Waals surface area contributed by atoms with Crippen molar-refractivity contribution in [2.24, 2.45) is 0 Å². The molecule has 0 saturated carbocycles. The lowest BCUT2D eigenvalue weighted by molar-refractivity contribution is 0.288. The molecule has 0 aliphatic rings. The van der Waals surface area contributed by atoms with E-state index >= 15 is 0 Å². The molecule has 0 spiro atoms. The first-order chi connectivity index (χ1) is 38.7. The molecule has 0 fully saturated rings. The van der Waals surface area contributed by atoms with Gasteiger partial charge >= 0.3 is 0 Å². The summed E-state index contributed by atoms with van der Waals surface area (Å²) in [6.45, 7) is 5.37. The molecule has 0 bridgehead atoms. The third kappa shape index (κ3) is 19.0. The van der Waals surface area contributed by atoms with Crippen molar-refractivity contribution in [2.45, 2.75) is 53.5 Å². The van der Waals surface area contributed by atoms with Gasteiger partial charge in [-0.15, -0.1) is 0 Å². The molecule has 420 valence electrons. The Hall–Kier alpha value is -7.01. The van der Waals surface area contributed by atoms with Gasteiger partial charge in [0.2, 0.25) is 0 Å². The van der Waals surface area contributed by atoms with Crippen LogP contribution in [0.25, 0.3) is 0 Å². The highest BCUT2D eigenvalue weighted by atomic mass is 79.9. The Kier molecular flexibility index (Phi) is 22.5. The quantitative estimate of drug-likeness (QED) is 0.0480. The van der Waals surface area contributed by atoms with E-state index < -0.39 is 0 Å². The minimum Gasteiger partial charge on any atom is -0.508 e. The van der Waals surface area contributed by atoms with Gasteiger partial charge in [0.05, 0.1) is 10.0 Å². The minimum absolute atomic E-state index is 0.00382. The summed E-state index contributed by atoms with van der Waals surface area (Å²) in [5.41, 5.74) is 6.76. The van der Waals surface area contributed by atoms with Crippen molar-refractivity contribution in [2.75, 3.05) is 0 Å². The first-order valence-corrected chi connectivity index (χ1v) is 27.9. The Morgan fingerprint density at radius 1 is 0.309 bits per heavy atom. The average molecular weight is 1330 g/mol. The second-order valence-electron chi connectivity index (χ2n) is 17.9. The predicted octanol–water partition coefficient (Wildman–Crippen LogP) is 18.2. The monoisotopic (exact) mass is 1320 g/mol. The maximum absolute atomic E-state index is 9.65. The molecule has 12 nitrogen and oxygen atoms in total. The predicted molar refractivity (Wildman–Crippen MR) is 324 cm³/mol. The molecule has 0 amide bonds. The molecule has 0 radical (unpaired) electrons. The zero-order chi connectivity index (χ0) is 58.2. The highest BCUT2D eigenvalue weighted by Crippen LogP contribution is 2.35. The van der Waals surface area contributed by atoms with Gasteiger partial charge < -0.3 is 59.1 Å². The topological polar surface area (TPSA) is 177 Å². The van der Waals surface area contributed by atoms with E-state index in [4.69, 9.17) is 86.4 Å². The number of hydrogen-bond donors (Lipinski definition) is 6. The summed E-state index contributed by atoms with van der Waals surface area (Å²) < 4.78 is 36.4. The molecule has 9 rings (SSSR count). The van der Waals surface area contributed by atoms with Gasteiger partial charge in [0.1, 0.15) is 109 Å². The molecule has 19 heteroatoms. The van der Waals surface area contributed by atoms with Crippen LogP contribution in [0, 0.1) is 13.8 Å². The fraction of sp³-hybridized carbons (Fsp3) is 0.129. The smallest absolute Gasteiger partial charge is 0.134 e. The van der Waals surface area contributed by atoms with Gasteiger partial charge in [-0.2, -0.15) is 0 Å². The summed E-state index contributed by atoms with van der Waals surface area (Å²) in [5, 5.41) is 59.7. The van der Waals surface area contributed by atoms with Crippen molar-refractivity contribution in [3.8, 4) is 69.0 Å². The number of ether oxygens (including phenoxy) is 6. The average Bonchev–Trinajstić information content (AvgIpc) is 3.46. The number of halogens is 7. The summed E-state index contributed by atoms with van der Waals surface area (Å²) in [5.74, 6) is 3.95. The van der Waals surface area contributed by atoms with Crippen LogP contribution in [0.1, 0.15) is 44.5 Å². The Bertz CT molecular complexity index is 3170. The van der Waals surface area contributed by atoms with Crippen LogP contribution in [0.5, 0.6) is 69.0 Å². The third-order valence-electron chi connectivity index (χ3n) is 11.7. The van der Waals surface area contributed by atoms with E-state index in [1.807, 2.05) is 26.0 Å². The van der Waals surface area contributed by atoms with Gasteiger partial charge in [-0.3, -0.25) is 0 Å². The maximum atomic E-state index is 9.65. The second kappa shape index (κ2) is 29.6. The molecule has 0 saturated heterocycles. The largest absolute Gasteiger partial charge is 0.508 e. The van der Waals surface area contributed by atoms with Gasteiger partial charge in [0, 0.05) is 64.5 Å². The van der Waals surface area contributed by atoms with Crippen molar-refractivity contribution in [3.63, 3.8) is 0 Å². The number of aromatic hydroxyl groups is 6. The van der Waals surface area contributed by atoms with Crippen LogP contribution >= 0.6 is 89.9 Å². The number of rotatable bonds is 18. The summed E-state index contributed by atoms with van der Waals surface area (Å²) in [6.07, 6.45) is 0. The Morgan fingerprint density at radius 2 is 0.568 bits per heavy atom. The van der Waals surface area contributed by atoms with Crippen molar-refractivity contribution >= 4 is 89.9 Å².